The van der Waals surface area contributed by atoms with E-state index in [0.717, 1.165) is 22.1 Å². The molecule has 0 spiro atoms. The van der Waals surface area contributed by atoms with Crippen molar-refractivity contribution in [3.8, 4) is 0 Å². The Morgan fingerprint density at radius 2 is 1.74 bits per heavy atom. The molecule has 2 heterocycles. The molecule has 0 saturated carbocycles. The van der Waals surface area contributed by atoms with Crippen molar-refractivity contribution in [3.63, 3.8) is 0 Å². The molecule has 2 aliphatic rings. The van der Waals surface area contributed by atoms with Crippen molar-refractivity contribution >= 4 is 34.8 Å². The number of hydrogen-bond acceptors (Lipinski definition) is 5. The lowest BCUT2D eigenvalue weighted by Gasteiger charge is -2.32. The molecule has 0 aromatic heterocycles. The normalized spacial score (nSPS) is 19.5. The van der Waals surface area contributed by atoms with Gasteiger partial charge in [-0.05, 0) is 96.5 Å². The van der Waals surface area contributed by atoms with Crippen molar-refractivity contribution in [1.29, 1.82) is 0 Å². The van der Waals surface area contributed by atoms with Gasteiger partial charge in [0, 0.05) is 23.2 Å². The molecular weight excluding hydrogens is 495 g/mol. The van der Waals surface area contributed by atoms with Gasteiger partial charge in [-0.15, -0.1) is 0 Å². The summed E-state index contributed by atoms with van der Waals surface area (Å²) in [6, 6.07) is 4.12. The van der Waals surface area contributed by atoms with Crippen molar-refractivity contribution in [1.82, 2.24) is 4.90 Å². The van der Waals surface area contributed by atoms with E-state index in [4.69, 9.17) is 19.8 Å². The molecule has 1 saturated heterocycles. The summed E-state index contributed by atoms with van der Waals surface area (Å²) in [5.74, 6) is 0.488. The van der Waals surface area contributed by atoms with Crippen LogP contribution in [-0.4, -0.2) is 48.0 Å². The van der Waals surface area contributed by atoms with E-state index in [-0.39, 0.29) is 24.4 Å². The number of carbonyl (C=O) groups excluding carboxylic acids is 1. The van der Waals surface area contributed by atoms with E-state index in [1.54, 1.807) is 4.90 Å². The minimum atomic E-state index is -0.465. The van der Waals surface area contributed by atoms with Crippen LogP contribution in [0.3, 0.4) is 0 Å². The third-order valence-corrected chi connectivity index (χ3v) is 7.29. The first-order valence-electron chi connectivity index (χ1n) is 12.0. The number of nitrogens with two attached hydrogens (primary N) is 1. The smallest absolute Gasteiger partial charge is 0.444 e. The van der Waals surface area contributed by atoms with Crippen molar-refractivity contribution in [2.24, 2.45) is 0 Å². The van der Waals surface area contributed by atoms with Crippen LogP contribution in [0, 0.1) is 6.92 Å². The number of rotatable bonds is 2. The molecule has 1 fully saturated rings. The fourth-order valence-corrected chi connectivity index (χ4v) is 3.97. The lowest BCUT2D eigenvalue weighted by molar-refractivity contribution is 0.00578. The van der Waals surface area contributed by atoms with Crippen LogP contribution < -0.4 is 5.73 Å². The highest BCUT2D eigenvalue weighted by atomic mass is 79.9. The molecule has 1 aromatic carbocycles. The van der Waals surface area contributed by atoms with E-state index in [2.05, 4.69) is 35.8 Å². The SMILES string of the molecule is CC(C)(C)OC(=O)N1CC=C(B2OC(C)(C)C(C)(C)O2)CC1.Cc1cc(N)c(C(C)C)cc1Br. The van der Waals surface area contributed by atoms with E-state index in [1.807, 2.05) is 67.5 Å². The summed E-state index contributed by atoms with van der Waals surface area (Å²) >= 11 is 3.49. The molecule has 0 aliphatic carbocycles. The number of benzene rings is 1. The van der Waals surface area contributed by atoms with Crippen LogP contribution in [0.5, 0.6) is 0 Å². The summed E-state index contributed by atoms with van der Waals surface area (Å²) < 4.78 is 18.6. The Balaban J connectivity index is 0.000000287. The maximum Gasteiger partial charge on any atom is 0.490 e. The van der Waals surface area contributed by atoms with Crippen LogP contribution in [0.4, 0.5) is 10.5 Å². The number of amides is 1. The van der Waals surface area contributed by atoms with Gasteiger partial charge in [-0.3, -0.25) is 0 Å². The monoisotopic (exact) mass is 536 g/mol. The molecule has 1 amide bonds. The molecule has 0 unspecified atom stereocenters. The zero-order chi connectivity index (χ0) is 26.1. The molecule has 8 heteroatoms. The second-order valence-corrected chi connectivity index (χ2v) is 12.3. The predicted molar refractivity (Wildman–Crippen MR) is 144 cm³/mol. The molecule has 2 aliphatic heterocycles. The number of hydrogen-bond donors (Lipinski definition) is 1. The van der Waals surface area contributed by atoms with E-state index < -0.39 is 5.60 Å². The van der Waals surface area contributed by atoms with Crippen LogP contribution in [0.15, 0.2) is 28.2 Å². The number of nitrogen functional groups attached to an aromatic ring is 1. The number of carbonyl (C=O) groups is 1. The topological polar surface area (TPSA) is 74.0 Å². The highest BCUT2D eigenvalue weighted by Crippen LogP contribution is 2.39. The molecule has 0 bridgehead atoms. The average molecular weight is 537 g/mol. The van der Waals surface area contributed by atoms with Gasteiger partial charge in [0.25, 0.3) is 0 Å². The van der Waals surface area contributed by atoms with E-state index in [0.29, 0.717) is 19.0 Å². The Hall–Kier alpha value is -1.51. The second kappa shape index (κ2) is 10.6. The van der Waals surface area contributed by atoms with Crippen LogP contribution >= 0.6 is 15.9 Å². The van der Waals surface area contributed by atoms with Gasteiger partial charge < -0.3 is 24.7 Å². The fraction of sp³-hybridized carbons (Fsp3) is 0.654. The van der Waals surface area contributed by atoms with Crippen molar-refractivity contribution < 1.29 is 18.8 Å². The Morgan fingerprint density at radius 1 is 1.18 bits per heavy atom. The van der Waals surface area contributed by atoms with Crippen LogP contribution in [0.25, 0.3) is 0 Å². The number of anilines is 1. The Morgan fingerprint density at radius 3 is 2.18 bits per heavy atom. The highest BCUT2D eigenvalue weighted by molar-refractivity contribution is 9.10. The zero-order valence-electron chi connectivity index (χ0n) is 22.5. The molecule has 3 rings (SSSR count). The molecule has 0 radical (unpaired) electrons. The third-order valence-electron chi connectivity index (χ3n) is 6.44. The first-order valence-corrected chi connectivity index (χ1v) is 12.8. The lowest BCUT2D eigenvalue weighted by atomic mass is 9.75. The summed E-state index contributed by atoms with van der Waals surface area (Å²) in [6.07, 6.45) is 2.50. The van der Waals surface area contributed by atoms with Crippen LogP contribution in [0.1, 0.15) is 85.8 Å². The average Bonchev–Trinajstić information content (AvgIpc) is 2.91. The summed E-state index contributed by atoms with van der Waals surface area (Å²) in [4.78, 5) is 13.8. The summed E-state index contributed by atoms with van der Waals surface area (Å²) in [6.45, 7) is 21.3. The molecule has 0 atom stereocenters. The largest absolute Gasteiger partial charge is 0.490 e. The standard InChI is InChI=1S/C16H28BNO4.C10H14BrN/c1-14(2,3)20-13(19)18-10-8-12(9-11-18)17-21-15(4,5)16(6,7)22-17;1-6(2)8-5-9(11)7(3)4-10(8)12/h8H,9-11H2,1-7H3;4-6H,12H2,1-3H3. The van der Waals surface area contributed by atoms with Crippen LogP contribution in [-0.2, 0) is 14.0 Å². The van der Waals surface area contributed by atoms with Gasteiger partial charge in [-0.2, -0.15) is 0 Å². The van der Waals surface area contributed by atoms with Crippen molar-refractivity contribution in [2.75, 3.05) is 18.8 Å². The summed E-state index contributed by atoms with van der Waals surface area (Å²) in [5, 5.41) is 0. The second-order valence-electron chi connectivity index (χ2n) is 11.4. The van der Waals surface area contributed by atoms with Crippen molar-refractivity contribution in [2.45, 2.75) is 98.4 Å². The minimum absolute atomic E-state index is 0.267. The van der Waals surface area contributed by atoms with Crippen molar-refractivity contribution in [3.05, 3.63) is 39.3 Å². The third kappa shape index (κ3) is 7.25. The number of ether oxygens (including phenoxy) is 1. The molecule has 34 heavy (non-hydrogen) atoms. The first kappa shape index (κ1) is 28.7. The maximum atomic E-state index is 12.1. The fourth-order valence-electron chi connectivity index (χ4n) is 3.60. The molecule has 190 valence electrons. The van der Waals surface area contributed by atoms with E-state index >= 15 is 0 Å². The van der Waals surface area contributed by atoms with Gasteiger partial charge in [0.05, 0.1) is 11.2 Å². The summed E-state index contributed by atoms with van der Waals surface area (Å²) in [7, 11) is -0.314. The minimum Gasteiger partial charge on any atom is -0.444 e. The van der Waals surface area contributed by atoms with Gasteiger partial charge in [0.1, 0.15) is 5.60 Å². The van der Waals surface area contributed by atoms with E-state index in [9.17, 15) is 4.79 Å². The van der Waals surface area contributed by atoms with Gasteiger partial charge in [0.2, 0.25) is 0 Å². The predicted octanol–water partition coefficient (Wildman–Crippen LogP) is 6.65. The first-order chi connectivity index (χ1) is 15.4. The summed E-state index contributed by atoms with van der Waals surface area (Å²) in [5.41, 5.74) is 9.15. The maximum absolute atomic E-state index is 12.1. The molecule has 6 nitrogen and oxygen atoms in total. The van der Waals surface area contributed by atoms with E-state index in [1.165, 1.54) is 11.1 Å². The molecule has 2 N–H and O–H groups in total. The van der Waals surface area contributed by atoms with Gasteiger partial charge >= 0.3 is 13.2 Å². The number of halogens is 1. The van der Waals surface area contributed by atoms with Crippen LogP contribution in [0.2, 0.25) is 0 Å². The lowest BCUT2D eigenvalue weighted by Crippen LogP contribution is -2.41. The van der Waals surface area contributed by atoms with Gasteiger partial charge in [-0.1, -0.05) is 35.9 Å². The Bertz CT molecular complexity index is 906. The molecule has 1 aromatic rings. The number of nitrogens with zero attached hydrogens (tertiary/aromatic N) is 1. The number of aryl methyl sites for hydroxylation is 1. The Labute approximate surface area is 214 Å². The molecular formula is C26H42BBrN2O4. The van der Waals surface area contributed by atoms with Gasteiger partial charge in [0.15, 0.2) is 0 Å². The zero-order valence-corrected chi connectivity index (χ0v) is 24.1. The van der Waals surface area contributed by atoms with Gasteiger partial charge in [-0.25, -0.2) is 4.79 Å². The Kier molecular flexibility index (Phi) is 8.98. The quantitative estimate of drug-likeness (QED) is 0.338. The highest BCUT2D eigenvalue weighted by Gasteiger charge is 2.52.